The summed E-state index contributed by atoms with van der Waals surface area (Å²) in [4.78, 5) is 25.8. The molecule has 2 aromatic carbocycles. The fourth-order valence-corrected chi connectivity index (χ4v) is 4.89. The molecule has 0 N–H and O–H groups in total. The van der Waals surface area contributed by atoms with Crippen molar-refractivity contribution in [1.29, 1.82) is 0 Å². The van der Waals surface area contributed by atoms with Crippen LogP contribution in [0.2, 0.25) is 0 Å². The van der Waals surface area contributed by atoms with E-state index in [9.17, 15) is 18.0 Å². The van der Waals surface area contributed by atoms with Crippen LogP contribution in [0.3, 0.4) is 0 Å². The second kappa shape index (κ2) is 8.88. The van der Waals surface area contributed by atoms with Crippen molar-refractivity contribution in [3.05, 3.63) is 65.2 Å². The first-order chi connectivity index (χ1) is 13.8. The molecule has 7 heteroatoms. The summed E-state index contributed by atoms with van der Waals surface area (Å²) in [6, 6.07) is 14.1. The molecule has 1 amide bonds. The average molecular weight is 415 g/mol. The standard InChI is InChI=1S/C22H26N2O4S/c1-17-4-3-5-19(16-17)6-11-22(26)23-12-14-24(15-13-23)29(27,28)21-9-7-20(8-10-21)18(2)25/h3-5,7-10,16H,6,11-15H2,1-2H3. The van der Waals surface area contributed by atoms with Crippen LogP contribution in [0.15, 0.2) is 53.4 Å². The highest BCUT2D eigenvalue weighted by Gasteiger charge is 2.30. The average Bonchev–Trinajstić information content (AvgIpc) is 2.72. The van der Waals surface area contributed by atoms with Gasteiger partial charge in [-0.15, -0.1) is 0 Å². The van der Waals surface area contributed by atoms with Crippen LogP contribution in [0.5, 0.6) is 0 Å². The minimum Gasteiger partial charge on any atom is -0.340 e. The molecule has 0 saturated carbocycles. The lowest BCUT2D eigenvalue weighted by molar-refractivity contribution is -0.132. The number of carbonyl (C=O) groups excluding carboxylic acids is 2. The molecule has 3 rings (SSSR count). The Bertz CT molecular complexity index is 992. The van der Waals surface area contributed by atoms with Gasteiger partial charge >= 0.3 is 0 Å². The summed E-state index contributed by atoms with van der Waals surface area (Å²) in [7, 11) is -3.63. The zero-order valence-corrected chi connectivity index (χ0v) is 17.6. The molecule has 0 aromatic heterocycles. The lowest BCUT2D eigenvalue weighted by Crippen LogP contribution is -2.50. The maximum atomic E-state index is 12.8. The van der Waals surface area contributed by atoms with E-state index < -0.39 is 10.0 Å². The highest BCUT2D eigenvalue weighted by atomic mass is 32.2. The number of rotatable bonds is 6. The third-order valence-electron chi connectivity index (χ3n) is 5.20. The second-order valence-electron chi connectivity index (χ2n) is 7.35. The molecule has 0 bridgehead atoms. The summed E-state index contributed by atoms with van der Waals surface area (Å²) >= 11 is 0. The molecule has 154 valence electrons. The van der Waals surface area contributed by atoms with Crippen LogP contribution in [0.25, 0.3) is 0 Å². The number of sulfonamides is 1. The van der Waals surface area contributed by atoms with Crippen molar-refractivity contribution in [3.8, 4) is 0 Å². The van der Waals surface area contributed by atoms with Gasteiger partial charge in [0.05, 0.1) is 4.90 Å². The summed E-state index contributed by atoms with van der Waals surface area (Å²) in [5, 5.41) is 0. The SMILES string of the molecule is CC(=O)c1ccc(S(=O)(=O)N2CCN(C(=O)CCc3cccc(C)c3)CC2)cc1. The molecule has 29 heavy (non-hydrogen) atoms. The van der Waals surface area contributed by atoms with Crippen molar-refractivity contribution < 1.29 is 18.0 Å². The molecule has 1 heterocycles. The number of Topliss-reactive ketones (excluding diaryl/α,β-unsaturated/α-hetero) is 1. The molecule has 1 fully saturated rings. The zero-order chi connectivity index (χ0) is 21.0. The molecule has 0 unspecified atom stereocenters. The van der Waals surface area contributed by atoms with Crippen molar-refractivity contribution in [2.24, 2.45) is 0 Å². The summed E-state index contributed by atoms with van der Waals surface area (Å²) in [5.41, 5.74) is 2.78. The van der Waals surface area contributed by atoms with Crippen molar-refractivity contribution in [2.45, 2.75) is 31.6 Å². The van der Waals surface area contributed by atoms with E-state index in [4.69, 9.17) is 0 Å². The van der Waals surface area contributed by atoms with Gasteiger partial charge in [-0.25, -0.2) is 8.42 Å². The number of aryl methyl sites for hydroxylation is 2. The monoisotopic (exact) mass is 414 g/mol. The molecular weight excluding hydrogens is 388 g/mol. The molecule has 1 aliphatic rings. The van der Waals surface area contributed by atoms with E-state index >= 15 is 0 Å². The van der Waals surface area contributed by atoms with Crippen LogP contribution in [-0.2, 0) is 21.2 Å². The van der Waals surface area contributed by atoms with Gasteiger partial charge in [-0.3, -0.25) is 9.59 Å². The lowest BCUT2D eigenvalue weighted by Gasteiger charge is -2.34. The highest BCUT2D eigenvalue weighted by molar-refractivity contribution is 7.89. The number of ketones is 1. The number of hydrogen-bond donors (Lipinski definition) is 0. The largest absolute Gasteiger partial charge is 0.340 e. The predicted octanol–water partition coefficient (Wildman–Crippen LogP) is 2.66. The minimum atomic E-state index is -3.63. The van der Waals surface area contributed by atoms with Gasteiger partial charge in [0.2, 0.25) is 15.9 Å². The summed E-state index contributed by atoms with van der Waals surface area (Å²) in [5.74, 6) is -0.0545. The molecule has 1 saturated heterocycles. The van der Waals surface area contributed by atoms with Gasteiger partial charge in [0, 0.05) is 38.2 Å². The van der Waals surface area contributed by atoms with Crippen molar-refractivity contribution in [2.75, 3.05) is 26.2 Å². The molecule has 6 nitrogen and oxygen atoms in total. The maximum Gasteiger partial charge on any atom is 0.243 e. The Balaban J connectivity index is 1.56. The van der Waals surface area contributed by atoms with E-state index in [-0.39, 0.29) is 29.7 Å². The minimum absolute atomic E-state index is 0.0503. The van der Waals surface area contributed by atoms with E-state index in [1.807, 2.05) is 25.1 Å². The van der Waals surface area contributed by atoms with E-state index in [0.717, 1.165) is 5.56 Å². The Morgan fingerprint density at radius 2 is 1.62 bits per heavy atom. The van der Waals surface area contributed by atoms with Crippen molar-refractivity contribution >= 4 is 21.7 Å². The highest BCUT2D eigenvalue weighted by Crippen LogP contribution is 2.19. The quantitative estimate of drug-likeness (QED) is 0.681. The lowest BCUT2D eigenvalue weighted by atomic mass is 10.1. The van der Waals surface area contributed by atoms with Crippen LogP contribution < -0.4 is 0 Å². The topological polar surface area (TPSA) is 74.8 Å². The summed E-state index contributed by atoms with van der Waals surface area (Å²) < 4.78 is 27.1. The van der Waals surface area contributed by atoms with Crippen molar-refractivity contribution in [1.82, 2.24) is 9.21 Å². The van der Waals surface area contributed by atoms with Gasteiger partial charge in [-0.1, -0.05) is 42.0 Å². The Hall–Kier alpha value is -2.51. The summed E-state index contributed by atoms with van der Waals surface area (Å²) in [6.07, 6.45) is 1.10. The zero-order valence-electron chi connectivity index (χ0n) is 16.8. The first-order valence-electron chi connectivity index (χ1n) is 9.72. The van der Waals surface area contributed by atoms with E-state index in [1.54, 1.807) is 4.90 Å². The van der Waals surface area contributed by atoms with Gasteiger partial charge in [0.15, 0.2) is 5.78 Å². The fourth-order valence-electron chi connectivity index (χ4n) is 3.47. The number of piperazine rings is 1. The van der Waals surface area contributed by atoms with Gasteiger partial charge in [0.1, 0.15) is 0 Å². The third-order valence-corrected chi connectivity index (χ3v) is 7.11. The molecule has 0 spiro atoms. The predicted molar refractivity (Wildman–Crippen MR) is 111 cm³/mol. The molecule has 0 aliphatic carbocycles. The number of amides is 1. The molecular formula is C22H26N2O4S. The maximum absolute atomic E-state index is 12.8. The molecule has 1 aliphatic heterocycles. The van der Waals surface area contributed by atoms with E-state index in [1.165, 1.54) is 41.1 Å². The van der Waals surface area contributed by atoms with Crippen LogP contribution in [-0.4, -0.2) is 55.5 Å². The van der Waals surface area contributed by atoms with Crippen LogP contribution in [0.1, 0.15) is 34.8 Å². The smallest absolute Gasteiger partial charge is 0.243 e. The summed E-state index contributed by atoms with van der Waals surface area (Å²) in [6.45, 7) is 4.78. The molecule has 2 aromatic rings. The molecule has 0 atom stereocenters. The van der Waals surface area contributed by atoms with Crippen LogP contribution in [0.4, 0.5) is 0 Å². The first kappa shape index (κ1) is 21.2. The Kier molecular flexibility index (Phi) is 6.49. The van der Waals surface area contributed by atoms with Gasteiger partial charge in [-0.05, 0) is 38.0 Å². The first-order valence-corrected chi connectivity index (χ1v) is 11.2. The number of nitrogens with zero attached hydrogens (tertiary/aromatic N) is 2. The number of benzene rings is 2. The normalized spacial score (nSPS) is 15.3. The van der Waals surface area contributed by atoms with E-state index in [2.05, 4.69) is 6.07 Å². The van der Waals surface area contributed by atoms with Gasteiger partial charge in [0.25, 0.3) is 0 Å². The molecule has 0 radical (unpaired) electrons. The fraction of sp³-hybridized carbons (Fsp3) is 0.364. The van der Waals surface area contributed by atoms with Crippen LogP contribution >= 0.6 is 0 Å². The Morgan fingerprint density at radius 1 is 0.966 bits per heavy atom. The van der Waals surface area contributed by atoms with E-state index in [0.29, 0.717) is 31.5 Å². The van der Waals surface area contributed by atoms with Gasteiger partial charge < -0.3 is 4.90 Å². The third kappa shape index (κ3) is 5.10. The number of carbonyl (C=O) groups is 2. The van der Waals surface area contributed by atoms with Crippen LogP contribution in [0, 0.1) is 6.92 Å². The van der Waals surface area contributed by atoms with Crippen molar-refractivity contribution in [3.63, 3.8) is 0 Å². The number of hydrogen-bond acceptors (Lipinski definition) is 4. The Labute approximate surface area is 172 Å². The second-order valence-corrected chi connectivity index (χ2v) is 9.29. The van der Waals surface area contributed by atoms with Gasteiger partial charge in [-0.2, -0.15) is 4.31 Å². The Morgan fingerprint density at radius 3 is 2.21 bits per heavy atom.